The van der Waals surface area contributed by atoms with Crippen LogP contribution in [0.2, 0.25) is 0 Å². The van der Waals surface area contributed by atoms with E-state index in [1.807, 2.05) is 12.1 Å². The quantitative estimate of drug-likeness (QED) is 0.809. The summed E-state index contributed by atoms with van der Waals surface area (Å²) in [6.45, 7) is 2.61. The minimum atomic E-state index is -0.357. The highest BCUT2D eigenvalue weighted by molar-refractivity contribution is 5.89. The monoisotopic (exact) mass is 331 g/mol. The topological polar surface area (TPSA) is 70.7 Å². The number of hydrogen-bond donors (Lipinski definition) is 2. The molecule has 2 N–H and O–H groups in total. The number of methoxy groups -OCH3 is 1. The molecule has 0 atom stereocenters. The number of nitrogens with zero attached hydrogens (tertiary/aromatic N) is 1. The van der Waals surface area contributed by atoms with Crippen molar-refractivity contribution in [3.63, 3.8) is 0 Å². The Morgan fingerprint density at radius 2 is 1.79 bits per heavy atom. The van der Waals surface area contributed by atoms with E-state index in [0.717, 1.165) is 37.5 Å². The lowest BCUT2D eigenvalue weighted by molar-refractivity contribution is 0.0600. The number of carbonyl (C=O) groups is 2. The highest BCUT2D eigenvalue weighted by atomic mass is 16.5. The normalized spacial score (nSPS) is 18.9. The van der Waals surface area contributed by atoms with Crippen molar-refractivity contribution in [2.45, 2.75) is 44.3 Å². The Hall–Kier alpha value is -2.08. The Kier molecular flexibility index (Phi) is 5.35. The average molecular weight is 331 g/mol. The summed E-state index contributed by atoms with van der Waals surface area (Å²) in [5, 5.41) is 5.93. The highest BCUT2D eigenvalue weighted by Crippen LogP contribution is 2.29. The summed E-state index contributed by atoms with van der Waals surface area (Å²) < 4.78 is 4.66. The molecule has 2 fully saturated rings. The van der Waals surface area contributed by atoms with E-state index in [9.17, 15) is 9.59 Å². The van der Waals surface area contributed by atoms with Gasteiger partial charge in [-0.15, -0.1) is 0 Å². The standard InChI is InChI=1S/C18H25N3O3/c1-24-17(22)14-4-2-13(3-5-14)12-19-18(23)20-15-8-10-21(11-9-15)16-6-7-16/h2-5,15-16H,6-12H2,1H3,(H2,19,20,23). The number of rotatable bonds is 5. The molecule has 1 saturated carbocycles. The van der Waals surface area contributed by atoms with Crippen molar-refractivity contribution in [2.75, 3.05) is 20.2 Å². The lowest BCUT2D eigenvalue weighted by atomic mass is 10.1. The molecule has 1 heterocycles. The lowest BCUT2D eigenvalue weighted by Gasteiger charge is -2.32. The van der Waals surface area contributed by atoms with E-state index in [4.69, 9.17) is 0 Å². The molecule has 1 aromatic carbocycles. The van der Waals surface area contributed by atoms with E-state index in [2.05, 4.69) is 20.3 Å². The maximum Gasteiger partial charge on any atom is 0.337 e. The van der Waals surface area contributed by atoms with E-state index in [1.54, 1.807) is 12.1 Å². The second-order valence-corrected chi connectivity index (χ2v) is 6.56. The number of ether oxygens (including phenoxy) is 1. The van der Waals surface area contributed by atoms with Gasteiger partial charge in [0.1, 0.15) is 0 Å². The molecule has 0 unspecified atom stereocenters. The average Bonchev–Trinajstić information content (AvgIpc) is 3.45. The zero-order valence-electron chi connectivity index (χ0n) is 14.1. The predicted octanol–water partition coefficient (Wildman–Crippen LogP) is 1.90. The third kappa shape index (κ3) is 4.47. The smallest absolute Gasteiger partial charge is 0.337 e. The minimum absolute atomic E-state index is 0.128. The summed E-state index contributed by atoms with van der Waals surface area (Å²) in [4.78, 5) is 25.9. The summed E-state index contributed by atoms with van der Waals surface area (Å²) in [5.74, 6) is -0.357. The molecule has 1 saturated heterocycles. The lowest BCUT2D eigenvalue weighted by Crippen LogP contribution is -2.48. The van der Waals surface area contributed by atoms with Crippen LogP contribution in [-0.4, -0.2) is 49.2 Å². The molecule has 2 aliphatic rings. The summed E-state index contributed by atoms with van der Waals surface area (Å²) in [5.41, 5.74) is 1.45. The molecule has 6 nitrogen and oxygen atoms in total. The van der Waals surface area contributed by atoms with Crippen LogP contribution in [0.25, 0.3) is 0 Å². The van der Waals surface area contributed by atoms with Crippen molar-refractivity contribution in [1.82, 2.24) is 15.5 Å². The van der Waals surface area contributed by atoms with E-state index < -0.39 is 0 Å². The van der Waals surface area contributed by atoms with Gasteiger partial charge in [-0.3, -0.25) is 0 Å². The molecule has 3 rings (SSSR count). The Labute approximate surface area is 142 Å². The van der Waals surface area contributed by atoms with Crippen LogP contribution in [0.4, 0.5) is 4.79 Å². The number of likely N-dealkylation sites (tertiary alicyclic amines) is 1. The van der Waals surface area contributed by atoms with Gasteiger partial charge in [-0.05, 0) is 43.4 Å². The molecular formula is C18H25N3O3. The maximum absolute atomic E-state index is 12.0. The number of benzene rings is 1. The van der Waals surface area contributed by atoms with Gasteiger partial charge in [0.15, 0.2) is 0 Å². The zero-order chi connectivity index (χ0) is 16.9. The fraction of sp³-hybridized carbons (Fsp3) is 0.556. The van der Waals surface area contributed by atoms with Crippen LogP contribution < -0.4 is 10.6 Å². The van der Waals surface area contributed by atoms with Crippen LogP contribution in [0.15, 0.2) is 24.3 Å². The Morgan fingerprint density at radius 1 is 1.12 bits per heavy atom. The predicted molar refractivity (Wildman–Crippen MR) is 90.8 cm³/mol. The first-order chi connectivity index (χ1) is 11.7. The molecule has 6 heteroatoms. The van der Waals surface area contributed by atoms with Crippen LogP contribution >= 0.6 is 0 Å². The second-order valence-electron chi connectivity index (χ2n) is 6.56. The minimum Gasteiger partial charge on any atom is -0.465 e. The largest absolute Gasteiger partial charge is 0.465 e. The summed E-state index contributed by atoms with van der Waals surface area (Å²) in [7, 11) is 1.36. The van der Waals surface area contributed by atoms with Gasteiger partial charge < -0.3 is 20.3 Å². The number of hydrogen-bond acceptors (Lipinski definition) is 4. The number of urea groups is 1. The molecule has 1 aliphatic carbocycles. The molecular weight excluding hydrogens is 306 g/mol. The van der Waals surface area contributed by atoms with Crippen LogP contribution in [0, 0.1) is 0 Å². The summed E-state index contributed by atoms with van der Waals surface area (Å²) in [6, 6.07) is 8.00. The van der Waals surface area contributed by atoms with E-state index >= 15 is 0 Å². The highest BCUT2D eigenvalue weighted by Gasteiger charge is 2.32. The summed E-state index contributed by atoms with van der Waals surface area (Å²) in [6.07, 6.45) is 4.73. The Balaban J connectivity index is 1.38. The third-order valence-electron chi connectivity index (χ3n) is 4.76. The van der Waals surface area contributed by atoms with Gasteiger partial charge in [-0.25, -0.2) is 9.59 Å². The SMILES string of the molecule is COC(=O)c1ccc(CNC(=O)NC2CCN(C3CC3)CC2)cc1. The van der Waals surface area contributed by atoms with Gasteiger partial charge in [0.05, 0.1) is 12.7 Å². The van der Waals surface area contributed by atoms with E-state index in [1.165, 1.54) is 20.0 Å². The van der Waals surface area contributed by atoms with Crippen molar-refractivity contribution < 1.29 is 14.3 Å². The first-order valence-electron chi connectivity index (χ1n) is 8.61. The Bertz CT molecular complexity index is 576. The number of nitrogens with one attached hydrogen (secondary N) is 2. The molecule has 0 spiro atoms. The maximum atomic E-state index is 12.0. The number of amides is 2. The van der Waals surface area contributed by atoms with Gasteiger partial charge in [-0.2, -0.15) is 0 Å². The molecule has 130 valence electrons. The van der Waals surface area contributed by atoms with Crippen molar-refractivity contribution in [2.24, 2.45) is 0 Å². The number of piperidine rings is 1. The molecule has 0 radical (unpaired) electrons. The van der Waals surface area contributed by atoms with Crippen LogP contribution in [0.1, 0.15) is 41.6 Å². The molecule has 0 aromatic heterocycles. The molecule has 2 amide bonds. The third-order valence-corrected chi connectivity index (χ3v) is 4.76. The first kappa shape index (κ1) is 16.8. The number of esters is 1. The van der Waals surface area contributed by atoms with Gasteiger partial charge in [0.2, 0.25) is 0 Å². The molecule has 0 bridgehead atoms. The van der Waals surface area contributed by atoms with Crippen molar-refractivity contribution in [3.8, 4) is 0 Å². The zero-order valence-corrected chi connectivity index (χ0v) is 14.1. The fourth-order valence-electron chi connectivity index (χ4n) is 3.14. The van der Waals surface area contributed by atoms with Crippen molar-refractivity contribution >= 4 is 12.0 Å². The van der Waals surface area contributed by atoms with Crippen molar-refractivity contribution in [1.29, 1.82) is 0 Å². The van der Waals surface area contributed by atoms with E-state index in [-0.39, 0.29) is 18.0 Å². The van der Waals surface area contributed by atoms with Gasteiger partial charge in [0, 0.05) is 31.7 Å². The van der Waals surface area contributed by atoms with Gasteiger partial charge in [0.25, 0.3) is 0 Å². The Morgan fingerprint density at radius 3 is 2.38 bits per heavy atom. The van der Waals surface area contributed by atoms with E-state index in [0.29, 0.717) is 12.1 Å². The van der Waals surface area contributed by atoms with Gasteiger partial charge >= 0.3 is 12.0 Å². The van der Waals surface area contributed by atoms with Crippen molar-refractivity contribution in [3.05, 3.63) is 35.4 Å². The molecule has 1 aliphatic heterocycles. The van der Waals surface area contributed by atoms with Crippen LogP contribution in [-0.2, 0) is 11.3 Å². The fourth-order valence-corrected chi connectivity index (χ4v) is 3.14. The van der Waals surface area contributed by atoms with Crippen LogP contribution in [0.3, 0.4) is 0 Å². The first-order valence-corrected chi connectivity index (χ1v) is 8.61. The molecule has 1 aromatic rings. The van der Waals surface area contributed by atoms with Gasteiger partial charge in [-0.1, -0.05) is 12.1 Å². The molecule has 24 heavy (non-hydrogen) atoms. The summed E-state index contributed by atoms with van der Waals surface area (Å²) >= 11 is 0. The second kappa shape index (κ2) is 7.66. The van der Waals surface area contributed by atoms with Crippen LogP contribution in [0.5, 0.6) is 0 Å². The number of carbonyl (C=O) groups excluding carboxylic acids is 2.